The first-order chi connectivity index (χ1) is 16.7. The van der Waals surface area contributed by atoms with Crippen LogP contribution >= 0.6 is 0 Å². The molecule has 35 heavy (non-hydrogen) atoms. The molecule has 0 saturated carbocycles. The molecule has 7 heteroatoms. The van der Waals surface area contributed by atoms with Gasteiger partial charge in [-0.25, -0.2) is 13.4 Å². The first kappa shape index (κ1) is 23.6. The van der Waals surface area contributed by atoms with E-state index in [1.54, 1.807) is 16.4 Å². The monoisotopic (exact) mass is 489 g/mol. The maximum absolute atomic E-state index is 13.5. The van der Waals surface area contributed by atoms with Gasteiger partial charge in [-0.05, 0) is 53.8 Å². The molecule has 0 aliphatic carbocycles. The summed E-state index contributed by atoms with van der Waals surface area (Å²) in [5.74, 6) is 2.29. The van der Waals surface area contributed by atoms with Gasteiger partial charge in [0.25, 0.3) is 0 Å². The van der Waals surface area contributed by atoms with Crippen LogP contribution in [0.25, 0.3) is 0 Å². The molecule has 0 atom stereocenters. The van der Waals surface area contributed by atoms with Crippen molar-refractivity contribution in [3.63, 3.8) is 0 Å². The summed E-state index contributed by atoms with van der Waals surface area (Å²) in [7, 11) is -3.58. The van der Waals surface area contributed by atoms with Gasteiger partial charge in [-0.3, -0.25) is 0 Å². The Hall–Kier alpha value is -3.16. The number of hydrogen-bond acceptors (Lipinski definition) is 5. The van der Waals surface area contributed by atoms with Gasteiger partial charge in [-0.15, -0.1) is 0 Å². The summed E-state index contributed by atoms with van der Waals surface area (Å²) in [6.45, 7) is 8.50. The Morgan fingerprint density at radius 3 is 2.23 bits per heavy atom. The van der Waals surface area contributed by atoms with E-state index < -0.39 is 10.0 Å². The molecule has 6 nitrogen and oxygen atoms in total. The van der Waals surface area contributed by atoms with Crippen molar-refractivity contribution in [3.05, 3.63) is 83.9 Å². The average molecular weight is 490 g/mol. The van der Waals surface area contributed by atoms with E-state index in [2.05, 4.69) is 25.7 Å². The number of aliphatic imine (C=N–C) groups is 1. The first-order valence-corrected chi connectivity index (χ1v) is 13.5. The van der Waals surface area contributed by atoms with Gasteiger partial charge >= 0.3 is 0 Å². The number of ether oxygens (including phenoxy) is 1. The minimum atomic E-state index is -3.58. The Bertz CT molecular complexity index is 1360. The number of nitrogens with zero attached hydrogens (tertiary/aromatic N) is 3. The van der Waals surface area contributed by atoms with Crippen LogP contribution < -0.4 is 4.74 Å². The second kappa shape index (κ2) is 9.13. The molecule has 0 spiro atoms. The topological polar surface area (TPSA) is 62.2 Å². The average Bonchev–Trinajstić information content (AvgIpc) is 3.19. The lowest BCUT2D eigenvalue weighted by Crippen LogP contribution is -2.37. The molecule has 1 fully saturated rings. The molecule has 0 unspecified atom stereocenters. The third-order valence-electron chi connectivity index (χ3n) is 6.55. The molecule has 2 heterocycles. The normalized spacial score (nSPS) is 16.9. The lowest BCUT2D eigenvalue weighted by Gasteiger charge is -2.25. The molecule has 3 aromatic carbocycles. The van der Waals surface area contributed by atoms with E-state index >= 15 is 0 Å². The third kappa shape index (κ3) is 4.70. The number of hydrogen-bond donors (Lipinski definition) is 0. The lowest BCUT2D eigenvalue weighted by atomic mass is 9.87. The van der Waals surface area contributed by atoms with Crippen LogP contribution in [-0.4, -0.2) is 49.6 Å². The van der Waals surface area contributed by atoms with E-state index in [-0.39, 0.29) is 5.41 Å². The second-order valence-electron chi connectivity index (χ2n) is 10.0. The fourth-order valence-electron chi connectivity index (χ4n) is 4.53. The van der Waals surface area contributed by atoms with Crippen LogP contribution in [0.3, 0.4) is 0 Å². The molecule has 182 valence electrons. The van der Waals surface area contributed by atoms with Crippen molar-refractivity contribution in [2.75, 3.05) is 26.2 Å². The second-order valence-corrected chi connectivity index (χ2v) is 12.0. The Morgan fingerprint density at radius 1 is 0.800 bits per heavy atom. The van der Waals surface area contributed by atoms with Crippen molar-refractivity contribution in [1.82, 2.24) is 9.21 Å². The van der Waals surface area contributed by atoms with Gasteiger partial charge in [0.15, 0.2) is 5.75 Å². The summed E-state index contributed by atoms with van der Waals surface area (Å²) in [5.41, 5.74) is 2.78. The molecule has 3 aromatic rings. The van der Waals surface area contributed by atoms with Crippen LogP contribution in [0.1, 0.15) is 38.3 Å². The quantitative estimate of drug-likeness (QED) is 0.473. The predicted molar refractivity (Wildman–Crippen MR) is 139 cm³/mol. The summed E-state index contributed by atoms with van der Waals surface area (Å²) < 4.78 is 34.7. The predicted octanol–water partition coefficient (Wildman–Crippen LogP) is 5.56. The Kier molecular flexibility index (Phi) is 6.15. The Balaban J connectivity index is 1.41. The molecule has 0 aromatic heterocycles. The summed E-state index contributed by atoms with van der Waals surface area (Å²) in [5, 5.41) is 0. The van der Waals surface area contributed by atoms with Gasteiger partial charge in [0.1, 0.15) is 17.3 Å². The van der Waals surface area contributed by atoms with Gasteiger partial charge in [-0.1, -0.05) is 57.2 Å². The van der Waals surface area contributed by atoms with Gasteiger partial charge in [-0.2, -0.15) is 4.31 Å². The SMILES string of the molecule is CC(C)(C)c1ccc(S(=O)(=O)N2CCCN(C3=Nc4ccccc4Oc4ccccc43)CC2)cc1. The summed E-state index contributed by atoms with van der Waals surface area (Å²) in [6.07, 6.45) is 0.711. The highest BCUT2D eigenvalue weighted by Gasteiger charge is 2.30. The van der Waals surface area contributed by atoms with Gasteiger partial charge < -0.3 is 9.64 Å². The number of amidine groups is 1. The molecule has 0 radical (unpaired) electrons. The van der Waals surface area contributed by atoms with Gasteiger partial charge in [0, 0.05) is 26.2 Å². The molecule has 2 aliphatic rings. The van der Waals surface area contributed by atoms with Crippen molar-refractivity contribution < 1.29 is 13.2 Å². The van der Waals surface area contributed by atoms with Crippen molar-refractivity contribution in [1.29, 1.82) is 0 Å². The fraction of sp³-hybridized carbons (Fsp3) is 0.321. The maximum atomic E-state index is 13.5. The van der Waals surface area contributed by atoms with E-state index in [9.17, 15) is 8.42 Å². The van der Waals surface area contributed by atoms with E-state index in [1.165, 1.54) is 0 Å². The largest absolute Gasteiger partial charge is 0.454 e. The highest BCUT2D eigenvalue weighted by Crippen LogP contribution is 2.38. The zero-order valence-electron chi connectivity index (χ0n) is 20.4. The molecule has 2 aliphatic heterocycles. The fourth-order valence-corrected chi connectivity index (χ4v) is 6.00. The molecule has 0 N–H and O–H groups in total. The zero-order chi connectivity index (χ0) is 24.6. The van der Waals surface area contributed by atoms with E-state index in [4.69, 9.17) is 9.73 Å². The highest BCUT2D eigenvalue weighted by molar-refractivity contribution is 7.89. The molecular formula is C28H31N3O3S. The van der Waals surface area contributed by atoms with Crippen molar-refractivity contribution in [2.45, 2.75) is 37.5 Å². The smallest absolute Gasteiger partial charge is 0.243 e. The van der Waals surface area contributed by atoms with E-state index in [0.29, 0.717) is 43.2 Å². The number of rotatable bonds is 2. The van der Waals surface area contributed by atoms with Crippen LogP contribution in [-0.2, 0) is 15.4 Å². The molecular weight excluding hydrogens is 458 g/mol. The molecule has 0 amide bonds. The highest BCUT2D eigenvalue weighted by atomic mass is 32.2. The number of fused-ring (bicyclic) bond motifs is 2. The van der Waals surface area contributed by atoms with Crippen LogP contribution in [0.2, 0.25) is 0 Å². The van der Waals surface area contributed by atoms with Gasteiger partial charge in [0.05, 0.1) is 10.5 Å². The minimum absolute atomic E-state index is 0.0243. The van der Waals surface area contributed by atoms with Crippen LogP contribution in [0.4, 0.5) is 5.69 Å². The number of para-hydroxylation sites is 3. The molecule has 1 saturated heterocycles. The summed E-state index contributed by atoms with van der Waals surface area (Å²) >= 11 is 0. The van der Waals surface area contributed by atoms with Crippen LogP contribution in [0, 0.1) is 0 Å². The molecule has 5 rings (SSSR count). The number of benzene rings is 3. The van der Waals surface area contributed by atoms with Crippen molar-refractivity contribution in [2.24, 2.45) is 4.99 Å². The first-order valence-electron chi connectivity index (χ1n) is 12.0. The standard InChI is InChI=1S/C28H31N3O3S/c1-28(2,3)21-13-15-22(16-14-21)35(32,33)31-18-8-17-30(19-20-31)27-23-9-4-6-11-25(23)34-26-12-7-5-10-24(26)29-27/h4-7,9-16H,8,17-20H2,1-3H3. The van der Waals surface area contributed by atoms with Gasteiger partial charge in [0.2, 0.25) is 10.0 Å². The Labute approximate surface area is 207 Å². The van der Waals surface area contributed by atoms with Crippen molar-refractivity contribution >= 4 is 21.5 Å². The zero-order valence-corrected chi connectivity index (χ0v) is 21.3. The van der Waals surface area contributed by atoms with E-state index in [1.807, 2.05) is 60.7 Å². The summed E-state index contributed by atoms with van der Waals surface area (Å²) in [6, 6.07) is 22.9. The third-order valence-corrected chi connectivity index (χ3v) is 8.46. The minimum Gasteiger partial charge on any atom is -0.454 e. The molecule has 0 bridgehead atoms. The number of sulfonamides is 1. The maximum Gasteiger partial charge on any atom is 0.243 e. The van der Waals surface area contributed by atoms with Crippen LogP contribution in [0.15, 0.2) is 82.7 Å². The lowest BCUT2D eigenvalue weighted by molar-refractivity contribution is 0.407. The van der Waals surface area contributed by atoms with Crippen LogP contribution in [0.5, 0.6) is 11.5 Å². The van der Waals surface area contributed by atoms with E-state index in [0.717, 1.165) is 28.4 Å². The summed E-state index contributed by atoms with van der Waals surface area (Å²) in [4.78, 5) is 7.50. The van der Waals surface area contributed by atoms with Crippen molar-refractivity contribution in [3.8, 4) is 11.5 Å². The Morgan fingerprint density at radius 2 is 1.49 bits per heavy atom.